The normalized spacial score (nSPS) is 11.7. The molecule has 0 aliphatic heterocycles. The molecular formula is C14H31IN2O. The highest BCUT2D eigenvalue weighted by Gasteiger charge is 2.04. The molecule has 0 aliphatic carbocycles. The molecular weight excluding hydrogens is 339 g/mol. The SMILES string of the molecule is CCCCCCCCCCC(=O)NC(N)CC.I. The summed E-state index contributed by atoms with van der Waals surface area (Å²) in [6.45, 7) is 4.21. The molecule has 0 heterocycles. The maximum absolute atomic E-state index is 11.4. The minimum absolute atomic E-state index is 0. The van der Waals surface area contributed by atoms with Crippen LogP contribution in [0.25, 0.3) is 0 Å². The third-order valence-electron chi connectivity index (χ3n) is 3.04. The first-order chi connectivity index (χ1) is 8.20. The van der Waals surface area contributed by atoms with Crippen molar-refractivity contribution in [3.05, 3.63) is 0 Å². The Morgan fingerprint density at radius 1 is 1.00 bits per heavy atom. The molecule has 0 radical (unpaired) electrons. The molecule has 3 N–H and O–H groups in total. The Balaban J connectivity index is 0. The third kappa shape index (κ3) is 14.2. The lowest BCUT2D eigenvalue weighted by atomic mass is 10.1. The third-order valence-corrected chi connectivity index (χ3v) is 3.04. The van der Waals surface area contributed by atoms with Gasteiger partial charge in [0.05, 0.1) is 6.17 Å². The van der Waals surface area contributed by atoms with E-state index in [0.717, 1.165) is 12.8 Å². The van der Waals surface area contributed by atoms with Gasteiger partial charge in [-0.3, -0.25) is 4.79 Å². The van der Waals surface area contributed by atoms with Crippen molar-refractivity contribution in [1.29, 1.82) is 0 Å². The first-order valence-electron chi connectivity index (χ1n) is 7.25. The summed E-state index contributed by atoms with van der Waals surface area (Å²) in [6.07, 6.45) is 11.4. The molecule has 0 spiro atoms. The highest BCUT2D eigenvalue weighted by Crippen LogP contribution is 2.09. The molecule has 1 atom stereocenters. The largest absolute Gasteiger partial charge is 0.341 e. The summed E-state index contributed by atoms with van der Waals surface area (Å²) in [5.74, 6) is 0.102. The Hall–Kier alpha value is 0.160. The fourth-order valence-corrected chi connectivity index (χ4v) is 1.80. The minimum Gasteiger partial charge on any atom is -0.341 e. The molecule has 0 rings (SSSR count). The zero-order valence-electron chi connectivity index (χ0n) is 12.0. The molecule has 3 nitrogen and oxygen atoms in total. The highest BCUT2D eigenvalue weighted by atomic mass is 127. The molecule has 1 amide bonds. The Bertz CT molecular complexity index is 189. The molecule has 0 aromatic carbocycles. The minimum atomic E-state index is -0.170. The summed E-state index contributed by atoms with van der Waals surface area (Å²) in [5, 5.41) is 2.79. The van der Waals surface area contributed by atoms with Crippen molar-refractivity contribution in [3.8, 4) is 0 Å². The zero-order chi connectivity index (χ0) is 12.9. The molecule has 4 heteroatoms. The van der Waals surface area contributed by atoms with Crippen molar-refractivity contribution in [2.75, 3.05) is 0 Å². The van der Waals surface area contributed by atoms with E-state index in [-0.39, 0.29) is 36.0 Å². The number of nitrogens with two attached hydrogens (primary N) is 1. The molecule has 0 saturated carbocycles. The van der Waals surface area contributed by atoms with Gasteiger partial charge >= 0.3 is 0 Å². The predicted octanol–water partition coefficient (Wildman–Crippen LogP) is 3.95. The monoisotopic (exact) mass is 370 g/mol. The van der Waals surface area contributed by atoms with Crippen LogP contribution in [0.2, 0.25) is 0 Å². The van der Waals surface area contributed by atoms with Crippen molar-refractivity contribution < 1.29 is 4.79 Å². The second-order valence-electron chi connectivity index (χ2n) is 4.81. The number of nitrogens with one attached hydrogen (secondary N) is 1. The van der Waals surface area contributed by atoms with Gasteiger partial charge in [-0.15, -0.1) is 24.0 Å². The Labute approximate surface area is 130 Å². The number of unbranched alkanes of at least 4 members (excludes halogenated alkanes) is 7. The maximum Gasteiger partial charge on any atom is 0.221 e. The fourth-order valence-electron chi connectivity index (χ4n) is 1.80. The molecule has 0 bridgehead atoms. The fraction of sp³-hybridized carbons (Fsp3) is 0.929. The van der Waals surface area contributed by atoms with Crippen LogP contribution in [0.15, 0.2) is 0 Å². The van der Waals surface area contributed by atoms with Crippen LogP contribution < -0.4 is 11.1 Å². The van der Waals surface area contributed by atoms with E-state index in [9.17, 15) is 4.79 Å². The Morgan fingerprint density at radius 3 is 2.00 bits per heavy atom. The van der Waals surface area contributed by atoms with E-state index in [1.54, 1.807) is 0 Å². The lowest BCUT2D eigenvalue weighted by molar-refractivity contribution is -0.121. The van der Waals surface area contributed by atoms with Gasteiger partial charge in [-0.25, -0.2) is 0 Å². The van der Waals surface area contributed by atoms with E-state index < -0.39 is 0 Å². The van der Waals surface area contributed by atoms with Crippen LogP contribution in [0, 0.1) is 0 Å². The average Bonchev–Trinajstić information content (AvgIpc) is 2.32. The first-order valence-corrected chi connectivity index (χ1v) is 7.25. The quantitative estimate of drug-likeness (QED) is 0.329. The smallest absolute Gasteiger partial charge is 0.221 e. The number of carbonyl (C=O) groups excluding carboxylic acids is 1. The summed E-state index contributed by atoms with van der Waals surface area (Å²) < 4.78 is 0. The zero-order valence-corrected chi connectivity index (χ0v) is 14.4. The van der Waals surface area contributed by atoms with Crippen LogP contribution in [0.4, 0.5) is 0 Å². The summed E-state index contributed by atoms with van der Waals surface area (Å²) in [5.41, 5.74) is 5.64. The maximum atomic E-state index is 11.4. The number of rotatable bonds is 11. The van der Waals surface area contributed by atoms with Crippen molar-refractivity contribution in [3.63, 3.8) is 0 Å². The van der Waals surface area contributed by atoms with Crippen molar-refractivity contribution in [1.82, 2.24) is 5.32 Å². The number of hydrogen-bond acceptors (Lipinski definition) is 2. The van der Waals surface area contributed by atoms with E-state index in [4.69, 9.17) is 5.73 Å². The Kier molecular flexibility index (Phi) is 17.3. The Morgan fingerprint density at radius 2 is 1.50 bits per heavy atom. The van der Waals surface area contributed by atoms with Gasteiger partial charge in [0, 0.05) is 6.42 Å². The van der Waals surface area contributed by atoms with E-state index in [1.165, 1.54) is 44.9 Å². The standard InChI is InChI=1S/C14H30N2O.HI/c1-3-5-6-7-8-9-10-11-12-14(17)16-13(15)4-2;/h13H,3-12,15H2,1-2H3,(H,16,17);1H. The molecule has 0 fully saturated rings. The molecule has 0 aromatic rings. The molecule has 1 unspecified atom stereocenters. The summed E-state index contributed by atoms with van der Waals surface area (Å²) in [6, 6.07) is 0. The van der Waals surface area contributed by atoms with Gasteiger partial charge < -0.3 is 11.1 Å². The van der Waals surface area contributed by atoms with E-state index >= 15 is 0 Å². The van der Waals surface area contributed by atoms with E-state index in [2.05, 4.69) is 12.2 Å². The number of carbonyl (C=O) groups is 1. The van der Waals surface area contributed by atoms with Crippen LogP contribution >= 0.6 is 24.0 Å². The van der Waals surface area contributed by atoms with Gasteiger partial charge in [0.15, 0.2) is 0 Å². The van der Waals surface area contributed by atoms with Gasteiger partial charge in [-0.1, -0.05) is 58.8 Å². The van der Waals surface area contributed by atoms with Crippen LogP contribution in [-0.2, 0) is 4.79 Å². The topological polar surface area (TPSA) is 55.1 Å². The van der Waals surface area contributed by atoms with Gasteiger partial charge in [0.25, 0.3) is 0 Å². The predicted molar refractivity (Wildman–Crippen MR) is 89.1 cm³/mol. The van der Waals surface area contributed by atoms with E-state index in [0.29, 0.717) is 6.42 Å². The average molecular weight is 370 g/mol. The van der Waals surface area contributed by atoms with Gasteiger partial charge in [0.2, 0.25) is 5.91 Å². The summed E-state index contributed by atoms with van der Waals surface area (Å²) in [7, 11) is 0. The molecule has 0 aromatic heterocycles. The second-order valence-corrected chi connectivity index (χ2v) is 4.81. The number of hydrogen-bond donors (Lipinski definition) is 2. The van der Waals surface area contributed by atoms with Crippen molar-refractivity contribution >= 4 is 29.9 Å². The summed E-state index contributed by atoms with van der Waals surface area (Å²) in [4.78, 5) is 11.4. The van der Waals surface area contributed by atoms with E-state index in [1.807, 2.05) is 6.92 Å². The van der Waals surface area contributed by atoms with Crippen LogP contribution in [-0.4, -0.2) is 12.1 Å². The number of amides is 1. The van der Waals surface area contributed by atoms with Crippen molar-refractivity contribution in [2.45, 2.75) is 84.2 Å². The van der Waals surface area contributed by atoms with Crippen LogP contribution in [0.1, 0.15) is 78.1 Å². The lowest BCUT2D eigenvalue weighted by Crippen LogP contribution is -2.40. The van der Waals surface area contributed by atoms with Gasteiger partial charge in [0.1, 0.15) is 0 Å². The van der Waals surface area contributed by atoms with Crippen molar-refractivity contribution in [2.24, 2.45) is 5.73 Å². The first kappa shape index (κ1) is 20.5. The van der Waals surface area contributed by atoms with Gasteiger partial charge in [-0.05, 0) is 12.8 Å². The van der Waals surface area contributed by atoms with Crippen LogP contribution in [0.3, 0.4) is 0 Å². The molecule has 0 saturated heterocycles. The van der Waals surface area contributed by atoms with Crippen LogP contribution in [0.5, 0.6) is 0 Å². The van der Waals surface area contributed by atoms with Gasteiger partial charge in [-0.2, -0.15) is 0 Å². The number of halogens is 1. The second kappa shape index (κ2) is 15.2. The molecule has 18 heavy (non-hydrogen) atoms. The lowest BCUT2D eigenvalue weighted by Gasteiger charge is -2.10. The molecule has 110 valence electrons. The highest BCUT2D eigenvalue weighted by molar-refractivity contribution is 14.0. The summed E-state index contributed by atoms with van der Waals surface area (Å²) >= 11 is 0. The molecule has 0 aliphatic rings.